The molecule has 5 aromatic rings. The highest BCUT2D eigenvalue weighted by molar-refractivity contribution is 6.02. The molecule has 0 unspecified atom stereocenters. The van der Waals surface area contributed by atoms with Crippen molar-refractivity contribution < 1.29 is 23.9 Å². The first-order valence-corrected chi connectivity index (χ1v) is 13.0. The fourth-order valence-electron chi connectivity index (χ4n) is 4.37. The molecule has 0 aliphatic heterocycles. The average Bonchev–Trinajstić information content (AvgIpc) is 2.97. The van der Waals surface area contributed by atoms with Gasteiger partial charge in [-0.3, -0.25) is 14.4 Å². The first kappa shape index (κ1) is 26.4. The molecule has 0 saturated carbocycles. The molecule has 5 rings (SSSR count). The normalized spacial score (nSPS) is 10.7. The lowest BCUT2D eigenvalue weighted by atomic mass is 10.1. The van der Waals surface area contributed by atoms with Gasteiger partial charge >= 0.3 is 5.97 Å². The van der Waals surface area contributed by atoms with E-state index in [0.717, 1.165) is 27.3 Å². The molecule has 0 heterocycles. The maximum Gasteiger partial charge on any atom is 0.306 e. The summed E-state index contributed by atoms with van der Waals surface area (Å²) in [5.41, 5.74) is 1.28. The van der Waals surface area contributed by atoms with Crippen molar-refractivity contribution in [1.82, 2.24) is 0 Å². The van der Waals surface area contributed by atoms with E-state index in [9.17, 15) is 14.4 Å². The summed E-state index contributed by atoms with van der Waals surface area (Å²) >= 11 is 0. The molecule has 40 heavy (non-hydrogen) atoms. The highest BCUT2D eigenvalue weighted by atomic mass is 16.5. The van der Waals surface area contributed by atoms with E-state index < -0.39 is 11.9 Å². The van der Waals surface area contributed by atoms with E-state index >= 15 is 0 Å². The Labute approximate surface area is 231 Å². The van der Waals surface area contributed by atoms with Crippen LogP contribution in [0.4, 0.5) is 11.4 Å². The number of ether oxygens (including phenoxy) is 2. The molecule has 0 spiro atoms. The Morgan fingerprint density at radius 2 is 1.25 bits per heavy atom. The number of hydrogen-bond donors (Lipinski definition) is 2. The maximum atomic E-state index is 12.3. The molecule has 0 bridgehead atoms. The van der Waals surface area contributed by atoms with Crippen LogP contribution in [0.5, 0.6) is 11.5 Å². The summed E-state index contributed by atoms with van der Waals surface area (Å²) in [4.78, 5) is 36.7. The zero-order valence-corrected chi connectivity index (χ0v) is 21.8. The molecule has 200 valence electrons. The largest absolute Gasteiger partial charge is 0.457 e. The van der Waals surface area contributed by atoms with Crippen molar-refractivity contribution in [3.8, 4) is 11.5 Å². The van der Waals surface area contributed by atoms with E-state index in [4.69, 9.17) is 9.47 Å². The van der Waals surface area contributed by atoms with E-state index in [-0.39, 0.29) is 25.4 Å². The molecule has 7 nitrogen and oxygen atoms in total. The van der Waals surface area contributed by atoms with E-state index in [1.807, 2.05) is 78.9 Å². The number of hydrogen-bond acceptors (Lipinski definition) is 5. The second-order valence-corrected chi connectivity index (χ2v) is 9.24. The Bertz CT molecular complexity index is 1650. The Morgan fingerprint density at radius 3 is 2.02 bits per heavy atom. The third kappa shape index (κ3) is 6.82. The molecule has 0 aromatic heterocycles. The third-order valence-corrected chi connectivity index (χ3v) is 6.33. The smallest absolute Gasteiger partial charge is 0.306 e. The van der Waals surface area contributed by atoms with Crippen molar-refractivity contribution in [3.63, 3.8) is 0 Å². The fourth-order valence-corrected chi connectivity index (χ4v) is 4.37. The van der Waals surface area contributed by atoms with Crippen LogP contribution in [-0.4, -0.2) is 24.4 Å². The van der Waals surface area contributed by atoms with Gasteiger partial charge in [-0.25, -0.2) is 0 Å². The second kappa shape index (κ2) is 12.6. The highest BCUT2D eigenvalue weighted by Gasteiger charge is 2.11. The van der Waals surface area contributed by atoms with Crippen molar-refractivity contribution in [2.45, 2.75) is 19.3 Å². The van der Waals surface area contributed by atoms with Crippen molar-refractivity contribution in [1.29, 1.82) is 0 Å². The quantitative estimate of drug-likeness (QED) is 0.188. The van der Waals surface area contributed by atoms with Crippen LogP contribution >= 0.6 is 0 Å². The van der Waals surface area contributed by atoms with Gasteiger partial charge in [0.2, 0.25) is 5.91 Å². The van der Waals surface area contributed by atoms with E-state index in [0.29, 0.717) is 23.5 Å². The van der Waals surface area contributed by atoms with Gasteiger partial charge in [0.15, 0.2) is 6.61 Å². The molecule has 0 saturated heterocycles. The summed E-state index contributed by atoms with van der Waals surface area (Å²) in [7, 11) is 0. The number of esters is 1. The van der Waals surface area contributed by atoms with Gasteiger partial charge in [-0.2, -0.15) is 0 Å². The van der Waals surface area contributed by atoms with Gasteiger partial charge in [0.25, 0.3) is 5.91 Å². The Kier molecular flexibility index (Phi) is 8.32. The van der Waals surface area contributed by atoms with Gasteiger partial charge in [0, 0.05) is 35.0 Å². The summed E-state index contributed by atoms with van der Waals surface area (Å²) in [5.74, 6) is 0.241. The van der Waals surface area contributed by atoms with Gasteiger partial charge in [-0.1, -0.05) is 72.8 Å². The van der Waals surface area contributed by atoms with Gasteiger partial charge in [0.1, 0.15) is 11.5 Å². The van der Waals surface area contributed by atoms with Crippen molar-refractivity contribution in [3.05, 3.63) is 109 Å². The molecular formula is C33H28N2O5. The monoisotopic (exact) mass is 532 g/mol. The van der Waals surface area contributed by atoms with Crippen molar-refractivity contribution in [2.75, 3.05) is 17.2 Å². The number of amides is 2. The minimum atomic E-state index is -0.532. The van der Waals surface area contributed by atoms with Gasteiger partial charge in [0.05, 0.1) is 0 Å². The lowest BCUT2D eigenvalue weighted by molar-refractivity contribution is -0.147. The SMILES string of the molecule is O=C(CCCC(=O)OCC(=O)Nc1cccc2ccccc12)Nc1ccc(Oc2cccc3ccccc23)cc1. The second-order valence-electron chi connectivity index (χ2n) is 9.24. The van der Waals surface area contributed by atoms with Crippen LogP contribution in [0, 0.1) is 0 Å². The maximum absolute atomic E-state index is 12.3. The van der Waals surface area contributed by atoms with Gasteiger partial charge in [-0.15, -0.1) is 0 Å². The number of anilines is 2. The molecule has 7 heteroatoms. The molecule has 0 aliphatic carbocycles. The lowest BCUT2D eigenvalue weighted by Gasteiger charge is -2.10. The predicted molar refractivity (Wildman–Crippen MR) is 156 cm³/mol. The molecule has 0 aliphatic rings. The van der Waals surface area contributed by atoms with Crippen LogP contribution in [0.3, 0.4) is 0 Å². The number of carbonyl (C=O) groups excluding carboxylic acids is 3. The third-order valence-electron chi connectivity index (χ3n) is 6.33. The van der Waals surface area contributed by atoms with Crippen LogP contribution < -0.4 is 15.4 Å². The molecule has 2 N–H and O–H groups in total. The number of fused-ring (bicyclic) bond motifs is 2. The summed E-state index contributed by atoms with van der Waals surface area (Å²) in [5, 5.41) is 9.62. The van der Waals surface area contributed by atoms with Crippen molar-refractivity contribution in [2.24, 2.45) is 0 Å². The molecule has 0 fully saturated rings. The van der Waals surface area contributed by atoms with Crippen LogP contribution in [-0.2, 0) is 19.1 Å². The van der Waals surface area contributed by atoms with Gasteiger partial charge in [-0.05, 0) is 53.6 Å². The summed E-state index contributed by atoms with van der Waals surface area (Å²) < 4.78 is 11.1. The summed E-state index contributed by atoms with van der Waals surface area (Å²) in [6, 6.07) is 34.3. The fraction of sp³-hybridized carbons (Fsp3) is 0.121. The topological polar surface area (TPSA) is 93.7 Å². The van der Waals surface area contributed by atoms with Crippen molar-refractivity contribution >= 4 is 50.7 Å². The Hall–Kier alpha value is -5.17. The minimum Gasteiger partial charge on any atom is -0.457 e. The number of nitrogens with one attached hydrogen (secondary N) is 2. The molecular weight excluding hydrogens is 504 g/mol. The highest BCUT2D eigenvalue weighted by Crippen LogP contribution is 2.30. The zero-order chi connectivity index (χ0) is 27.7. The summed E-state index contributed by atoms with van der Waals surface area (Å²) in [6.07, 6.45) is 0.482. The Morgan fingerprint density at radius 1 is 0.600 bits per heavy atom. The lowest BCUT2D eigenvalue weighted by Crippen LogP contribution is -2.21. The van der Waals surface area contributed by atoms with Crippen LogP contribution in [0.2, 0.25) is 0 Å². The number of benzene rings is 5. The predicted octanol–water partition coefficient (Wildman–Crippen LogP) is 7.08. The van der Waals surface area contributed by atoms with E-state index in [1.165, 1.54) is 0 Å². The van der Waals surface area contributed by atoms with Crippen LogP contribution in [0.15, 0.2) is 109 Å². The average molecular weight is 533 g/mol. The zero-order valence-electron chi connectivity index (χ0n) is 21.8. The molecule has 0 radical (unpaired) electrons. The number of carbonyl (C=O) groups is 3. The standard InChI is InChI=1S/C33H28N2O5/c36-31(34-25-18-20-26(21-19-25)40-30-15-6-11-24-9-2-4-13-28(24)30)16-7-17-33(38)39-22-32(37)35-29-14-5-10-23-8-1-3-12-27(23)29/h1-6,8-15,18-21H,7,16-17,22H2,(H,34,36)(H,35,37). The number of rotatable bonds is 10. The van der Waals surface area contributed by atoms with E-state index in [1.54, 1.807) is 30.3 Å². The summed E-state index contributed by atoms with van der Waals surface area (Å²) in [6.45, 7) is -0.387. The molecule has 0 atom stereocenters. The van der Waals surface area contributed by atoms with Crippen LogP contribution in [0.25, 0.3) is 21.5 Å². The molecule has 2 amide bonds. The van der Waals surface area contributed by atoms with Crippen LogP contribution in [0.1, 0.15) is 19.3 Å². The minimum absolute atomic E-state index is 0.0345. The first-order chi connectivity index (χ1) is 19.5. The van der Waals surface area contributed by atoms with Gasteiger partial charge < -0.3 is 20.1 Å². The Balaban J connectivity index is 1.02. The first-order valence-electron chi connectivity index (χ1n) is 13.0. The van der Waals surface area contributed by atoms with E-state index in [2.05, 4.69) is 10.6 Å². The molecule has 5 aromatic carbocycles.